The fourth-order valence-corrected chi connectivity index (χ4v) is 3.12. The van der Waals surface area contributed by atoms with Gasteiger partial charge < -0.3 is 10.7 Å². The van der Waals surface area contributed by atoms with Crippen molar-refractivity contribution in [1.29, 1.82) is 5.26 Å². The first-order valence-electron chi connectivity index (χ1n) is 8.52. The van der Waals surface area contributed by atoms with E-state index >= 15 is 0 Å². The molecule has 2 heterocycles. The van der Waals surface area contributed by atoms with Crippen molar-refractivity contribution in [2.24, 2.45) is 5.73 Å². The first kappa shape index (κ1) is 16.7. The van der Waals surface area contributed by atoms with Gasteiger partial charge in [0.05, 0.1) is 22.2 Å². The van der Waals surface area contributed by atoms with Crippen LogP contribution < -0.4 is 11.3 Å². The molecular weight excluding hydrogens is 336 g/mol. The fraction of sp³-hybridized carbons (Fsp3) is 0.0455. The third-order valence-electron chi connectivity index (χ3n) is 4.54. The summed E-state index contributed by atoms with van der Waals surface area (Å²) in [6.07, 6.45) is 1.40. The highest BCUT2D eigenvalue weighted by atomic mass is 16.1. The summed E-state index contributed by atoms with van der Waals surface area (Å²) in [6, 6.07) is 21.5. The molecule has 0 radical (unpaired) electrons. The summed E-state index contributed by atoms with van der Waals surface area (Å²) in [4.78, 5) is 19.7. The minimum atomic E-state index is -0.265. The van der Waals surface area contributed by atoms with Crippen LogP contribution in [0, 0.1) is 11.3 Å². The Hall–Kier alpha value is -3.75. The van der Waals surface area contributed by atoms with Gasteiger partial charge in [0, 0.05) is 23.9 Å². The molecule has 4 aromatic rings. The molecule has 0 spiro atoms. The van der Waals surface area contributed by atoms with Crippen LogP contribution in [0.5, 0.6) is 0 Å². The first-order valence-corrected chi connectivity index (χ1v) is 8.52. The Bertz CT molecular complexity index is 1220. The molecule has 0 bridgehead atoms. The number of aromatic nitrogens is 2. The topological polar surface area (TPSA) is 95.6 Å². The smallest absolute Gasteiger partial charge is 0.257 e. The maximum Gasteiger partial charge on any atom is 0.257 e. The number of rotatable bonds is 3. The third-order valence-corrected chi connectivity index (χ3v) is 4.54. The van der Waals surface area contributed by atoms with E-state index in [1.807, 2.05) is 60.7 Å². The fourth-order valence-electron chi connectivity index (χ4n) is 3.12. The number of H-pyrrole nitrogens is 1. The van der Waals surface area contributed by atoms with Gasteiger partial charge in [0.2, 0.25) is 0 Å². The highest BCUT2D eigenvalue weighted by Crippen LogP contribution is 2.33. The molecular formula is C22H16N4O. The van der Waals surface area contributed by atoms with Crippen molar-refractivity contribution in [3.05, 3.63) is 88.3 Å². The number of nitriles is 1. The van der Waals surface area contributed by atoms with Crippen LogP contribution in [-0.2, 0) is 6.54 Å². The molecule has 0 aliphatic carbocycles. The van der Waals surface area contributed by atoms with Gasteiger partial charge in [-0.3, -0.25) is 4.79 Å². The zero-order valence-electron chi connectivity index (χ0n) is 14.4. The average molecular weight is 352 g/mol. The van der Waals surface area contributed by atoms with E-state index < -0.39 is 0 Å². The molecule has 3 N–H and O–H groups in total. The second kappa shape index (κ2) is 6.87. The Kier molecular flexibility index (Phi) is 4.25. The molecule has 5 heteroatoms. The van der Waals surface area contributed by atoms with Crippen molar-refractivity contribution in [1.82, 2.24) is 9.97 Å². The van der Waals surface area contributed by atoms with Gasteiger partial charge in [0.25, 0.3) is 5.56 Å². The number of aromatic amines is 1. The summed E-state index contributed by atoms with van der Waals surface area (Å²) < 4.78 is 0. The predicted molar refractivity (Wildman–Crippen MR) is 106 cm³/mol. The Morgan fingerprint density at radius 2 is 1.78 bits per heavy atom. The van der Waals surface area contributed by atoms with E-state index in [2.05, 4.69) is 11.1 Å². The molecule has 2 aromatic heterocycles. The molecule has 0 atom stereocenters. The van der Waals surface area contributed by atoms with E-state index in [1.165, 1.54) is 6.20 Å². The van der Waals surface area contributed by atoms with Gasteiger partial charge in [0.15, 0.2) is 0 Å². The van der Waals surface area contributed by atoms with E-state index in [4.69, 9.17) is 10.7 Å². The third kappa shape index (κ3) is 2.99. The number of hydrogen-bond donors (Lipinski definition) is 2. The van der Waals surface area contributed by atoms with Gasteiger partial charge >= 0.3 is 0 Å². The van der Waals surface area contributed by atoms with Crippen LogP contribution in [0.3, 0.4) is 0 Å². The van der Waals surface area contributed by atoms with Gasteiger partial charge in [-0.05, 0) is 17.2 Å². The van der Waals surface area contributed by atoms with Gasteiger partial charge in [-0.2, -0.15) is 5.26 Å². The lowest BCUT2D eigenvalue weighted by Crippen LogP contribution is -2.08. The number of hydrogen-bond acceptors (Lipinski definition) is 4. The van der Waals surface area contributed by atoms with Crippen LogP contribution in [0.2, 0.25) is 0 Å². The van der Waals surface area contributed by atoms with Crippen molar-refractivity contribution in [3.63, 3.8) is 0 Å². The number of fused-ring (bicyclic) bond motifs is 1. The lowest BCUT2D eigenvalue weighted by atomic mass is 9.96. The number of nitrogens with zero attached hydrogens (tertiary/aromatic N) is 2. The maximum atomic E-state index is 12.3. The lowest BCUT2D eigenvalue weighted by molar-refractivity contribution is 1.07. The molecule has 2 aromatic carbocycles. The quantitative estimate of drug-likeness (QED) is 0.589. The van der Waals surface area contributed by atoms with Crippen molar-refractivity contribution in [2.45, 2.75) is 6.54 Å². The molecule has 0 fully saturated rings. The summed E-state index contributed by atoms with van der Waals surface area (Å²) in [7, 11) is 0. The van der Waals surface area contributed by atoms with Gasteiger partial charge in [-0.25, -0.2) is 4.98 Å². The van der Waals surface area contributed by atoms with Gasteiger partial charge in [0.1, 0.15) is 6.07 Å². The standard InChI is InChI=1S/C22H16N4O/c23-11-14-6-8-16(9-7-14)20-18(15-4-2-1-3-5-15)10-19-21(26-20)17(12-24)13-25-22(19)27/h1-10,13H,11,23H2,(H,25,27). The maximum absolute atomic E-state index is 12.3. The van der Waals surface area contributed by atoms with E-state index in [9.17, 15) is 10.1 Å². The number of benzene rings is 2. The summed E-state index contributed by atoms with van der Waals surface area (Å²) in [5.74, 6) is 0. The van der Waals surface area contributed by atoms with Crippen LogP contribution in [0.4, 0.5) is 0 Å². The monoisotopic (exact) mass is 352 g/mol. The summed E-state index contributed by atoms with van der Waals surface area (Å²) in [5.41, 5.74) is 10.6. The Balaban J connectivity index is 2.07. The highest BCUT2D eigenvalue weighted by molar-refractivity contribution is 5.93. The van der Waals surface area contributed by atoms with Crippen molar-refractivity contribution >= 4 is 10.9 Å². The highest BCUT2D eigenvalue weighted by Gasteiger charge is 2.15. The number of nitrogens with one attached hydrogen (secondary N) is 1. The number of nitrogens with two attached hydrogens (primary N) is 1. The van der Waals surface area contributed by atoms with E-state index in [0.717, 1.165) is 27.9 Å². The van der Waals surface area contributed by atoms with Gasteiger partial charge in [-0.15, -0.1) is 0 Å². The van der Waals surface area contributed by atoms with Crippen molar-refractivity contribution < 1.29 is 0 Å². The van der Waals surface area contributed by atoms with Crippen molar-refractivity contribution in [3.8, 4) is 28.5 Å². The molecule has 0 amide bonds. The SMILES string of the molecule is N#Cc1c[nH]c(=O)c2cc(-c3ccccc3)c(-c3ccc(CN)cc3)nc12. The summed E-state index contributed by atoms with van der Waals surface area (Å²) in [5, 5.41) is 9.82. The van der Waals surface area contributed by atoms with Crippen LogP contribution in [0.15, 0.2) is 71.7 Å². The molecule has 0 saturated heterocycles. The molecule has 0 unspecified atom stereocenters. The van der Waals surface area contributed by atoms with Crippen LogP contribution in [0.25, 0.3) is 33.3 Å². The van der Waals surface area contributed by atoms with Crippen LogP contribution >= 0.6 is 0 Å². The zero-order valence-corrected chi connectivity index (χ0v) is 14.4. The predicted octanol–water partition coefficient (Wildman–Crippen LogP) is 3.59. The second-order valence-electron chi connectivity index (χ2n) is 6.19. The minimum absolute atomic E-state index is 0.265. The first-order chi connectivity index (χ1) is 13.2. The van der Waals surface area contributed by atoms with Gasteiger partial charge in [-0.1, -0.05) is 54.6 Å². The van der Waals surface area contributed by atoms with E-state index in [0.29, 0.717) is 23.0 Å². The molecule has 5 nitrogen and oxygen atoms in total. The summed E-state index contributed by atoms with van der Waals surface area (Å²) >= 11 is 0. The second-order valence-corrected chi connectivity index (χ2v) is 6.19. The Morgan fingerprint density at radius 1 is 1.04 bits per heavy atom. The number of pyridine rings is 2. The summed E-state index contributed by atoms with van der Waals surface area (Å²) in [6.45, 7) is 0.463. The average Bonchev–Trinajstić information content (AvgIpc) is 2.74. The molecule has 27 heavy (non-hydrogen) atoms. The lowest BCUT2D eigenvalue weighted by Gasteiger charge is -2.12. The normalized spacial score (nSPS) is 10.7. The van der Waals surface area contributed by atoms with E-state index in [1.54, 1.807) is 0 Å². The van der Waals surface area contributed by atoms with E-state index in [-0.39, 0.29) is 5.56 Å². The molecule has 4 rings (SSSR count). The molecule has 0 aliphatic heterocycles. The Labute approximate surface area is 155 Å². The minimum Gasteiger partial charge on any atom is -0.327 e. The van der Waals surface area contributed by atoms with Crippen molar-refractivity contribution in [2.75, 3.05) is 0 Å². The van der Waals surface area contributed by atoms with Crippen LogP contribution in [-0.4, -0.2) is 9.97 Å². The largest absolute Gasteiger partial charge is 0.327 e. The molecule has 0 saturated carbocycles. The molecule has 130 valence electrons. The Morgan fingerprint density at radius 3 is 2.44 bits per heavy atom. The van der Waals surface area contributed by atoms with Crippen LogP contribution in [0.1, 0.15) is 11.1 Å². The zero-order chi connectivity index (χ0) is 18.8. The molecule has 0 aliphatic rings.